The summed E-state index contributed by atoms with van der Waals surface area (Å²) in [5, 5.41) is 14.6. The molecule has 0 radical (unpaired) electrons. The molecule has 0 atom stereocenters. The van der Waals surface area contributed by atoms with Crippen LogP contribution in [0.2, 0.25) is 0 Å². The Morgan fingerprint density at radius 2 is 1.96 bits per heavy atom. The number of carbonyl (C=O) groups is 1. The molecule has 4 rings (SSSR count). The van der Waals surface area contributed by atoms with Gasteiger partial charge in [-0.05, 0) is 24.6 Å². The van der Waals surface area contributed by atoms with Crippen LogP contribution in [0.1, 0.15) is 5.69 Å². The van der Waals surface area contributed by atoms with Gasteiger partial charge in [0, 0.05) is 16.8 Å². The Hall–Kier alpha value is -3.61. The minimum atomic E-state index is -0.596. The molecule has 0 unspecified atom stereocenters. The number of aromatic nitrogens is 3. The average Bonchev–Trinajstić information content (AvgIpc) is 3.25. The number of nitrogens with one attached hydrogen (secondary N) is 2. The van der Waals surface area contributed by atoms with Crippen molar-refractivity contribution < 1.29 is 14.1 Å². The van der Waals surface area contributed by atoms with Crippen LogP contribution in [0.5, 0.6) is 0 Å². The van der Waals surface area contributed by atoms with Gasteiger partial charge in [0.05, 0.1) is 12.5 Å². The highest BCUT2D eigenvalue weighted by atomic mass is 16.5. The molecule has 0 saturated heterocycles. The summed E-state index contributed by atoms with van der Waals surface area (Å²) in [6.07, 6.45) is -0.596. The van der Waals surface area contributed by atoms with Gasteiger partial charge in [-0.25, -0.2) is 4.79 Å². The van der Waals surface area contributed by atoms with Crippen LogP contribution in [0.15, 0.2) is 53.1 Å². The second kappa shape index (κ2) is 6.36. The van der Waals surface area contributed by atoms with E-state index in [2.05, 4.69) is 25.4 Å². The summed E-state index contributed by atoms with van der Waals surface area (Å²) < 4.78 is 9.96. The Kier molecular flexibility index (Phi) is 3.89. The van der Waals surface area contributed by atoms with Gasteiger partial charge in [-0.2, -0.15) is 5.10 Å². The van der Waals surface area contributed by atoms with Crippen LogP contribution in [-0.4, -0.2) is 28.6 Å². The first-order valence-electron chi connectivity index (χ1n) is 8.02. The number of aryl methyl sites for hydroxylation is 1. The fourth-order valence-corrected chi connectivity index (χ4v) is 2.92. The van der Waals surface area contributed by atoms with Gasteiger partial charge in [0.2, 0.25) is 0 Å². The third-order valence-electron chi connectivity index (χ3n) is 4.16. The van der Waals surface area contributed by atoms with Gasteiger partial charge in [-0.1, -0.05) is 41.6 Å². The van der Waals surface area contributed by atoms with Crippen molar-refractivity contribution in [1.29, 1.82) is 0 Å². The van der Waals surface area contributed by atoms with E-state index in [0.717, 1.165) is 28.1 Å². The van der Waals surface area contributed by atoms with Gasteiger partial charge in [-0.3, -0.25) is 10.4 Å². The van der Waals surface area contributed by atoms with Gasteiger partial charge in [-0.15, -0.1) is 0 Å². The first-order valence-corrected chi connectivity index (χ1v) is 8.02. The fraction of sp³-hybridized carbons (Fsp3) is 0.105. The number of fused-ring (bicyclic) bond motifs is 1. The molecule has 2 aromatic heterocycles. The monoisotopic (exact) mass is 348 g/mol. The molecule has 0 saturated carbocycles. The molecule has 26 heavy (non-hydrogen) atoms. The largest absolute Gasteiger partial charge is 0.453 e. The number of rotatable bonds is 3. The van der Waals surface area contributed by atoms with Gasteiger partial charge in [0.25, 0.3) is 0 Å². The number of nitrogens with zero attached hydrogens (tertiary/aromatic N) is 2. The number of anilines is 1. The fourth-order valence-electron chi connectivity index (χ4n) is 2.92. The minimum absolute atomic E-state index is 0.325. The smallest absolute Gasteiger partial charge is 0.412 e. The average molecular weight is 348 g/mol. The summed E-state index contributed by atoms with van der Waals surface area (Å²) in [4.78, 5) is 11.4. The first kappa shape index (κ1) is 15.9. The van der Waals surface area contributed by atoms with Crippen LogP contribution in [0.25, 0.3) is 33.4 Å². The molecule has 0 bridgehead atoms. The van der Waals surface area contributed by atoms with E-state index in [1.165, 1.54) is 7.11 Å². The number of hydrogen-bond donors (Lipinski definition) is 2. The number of ether oxygens (including phenoxy) is 1. The molecule has 0 spiro atoms. The standard InChI is InChI=1S/C19H16N4O3/c1-11-16(17(22-21-11)12-6-4-3-5-7-12)13-8-9-14-15(10-13)26-23-18(14)20-19(24)25-2/h3-10H,1-2H3,(H,21,22)(H,20,23,24). The maximum absolute atomic E-state index is 11.4. The van der Waals surface area contributed by atoms with Crippen LogP contribution in [0.3, 0.4) is 0 Å². The van der Waals surface area contributed by atoms with Crippen LogP contribution < -0.4 is 5.32 Å². The van der Waals surface area contributed by atoms with Crippen molar-refractivity contribution in [3.63, 3.8) is 0 Å². The molecule has 0 fully saturated rings. The highest BCUT2D eigenvalue weighted by Crippen LogP contribution is 2.35. The van der Waals surface area contributed by atoms with Crippen LogP contribution in [-0.2, 0) is 4.74 Å². The molecule has 2 N–H and O–H groups in total. The second-order valence-electron chi connectivity index (χ2n) is 5.80. The van der Waals surface area contributed by atoms with Crippen molar-refractivity contribution in [2.45, 2.75) is 6.92 Å². The zero-order valence-corrected chi connectivity index (χ0v) is 14.2. The molecule has 0 aliphatic heterocycles. The van der Waals surface area contributed by atoms with Gasteiger partial charge >= 0.3 is 6.09 Å². The molecule has 0 aliphatic rings. The molecular weight excluding hydrogens is 332 g/mol. The lowest BCUT2D eigenvalue weighted by Gasteiger charge is -2.05. The summed E-state index contributed by atoms with van der Waals surface area (Å²) in [6.45, 7) is 1.98. The Morgan fingerprint density at radius 3 is 2.73 bits per heavy atom. The molecule has 130 valence electrons. The SMILES string of the molecule is COC(=O)Nc1noc2cc(-c3c(-c4ccccc4)n[nH]c3C)ccc12. The highest BCUT2D eigenvalue weighted by Gasteiger charge is 2.17. The quantitative estimate of drug-likeness (QED) is 0.573. The second-order valence-corrected chi connectivity index (χ2v) is 5.80. The minimum Gasteiger partial charge on any atom is -0.453 e. The molecule has 7 nitrogen and oxygen atoms in total. The van der Waals surface area contributed by atoms with E-state index in [9.17, 15) is 4.79 Å². The summed E-state index contributed by atoms with van der Waals surface area (Å²) in [5.74, 6) is 0.325. The topological polar surface area (TPSA) is 93.0 Å². The lowest BCUT2D eigenvalue weighted by molar-refractivity contribution is 0.186. The predicted molar refractivity (Wildman–Crippen MR) is 97.8 cm³/mol. The van der Waals surface area contributed by atoms with Gasteiger partial charge < -0.3 is 9.26 Å². The normalized spacial score (nSPS) is 10.8. The summed E-state index contributed by atoms with van der Waals surface area (Å²) in [6, 6.07) is 15.7. The van der Waals surface area contributed by atoms with E-state index in [1.54, 1.807) is 0 Å². The lowest BCUT2D eigenvalue weighted by Crippen LogP contribution is -2.11. The molecule has 0 aliphatic carbocycles. The first-order chi connectivity index (χ1) is 12.7. The van der Waals surface area contributed by atoms with Crippen LogP contribution >= 0.6 is 0 Å². The van der Waals surface area contributed by atoms with Gasteiger partial charge in [0.1, 0.15) is 5.69 Å². The molecule has 7 heteroatoms. The van der Waals surface area contributed by atoms with Crippen molar-refractivity contribution in [1.82, 2.24) is 15.4 Å². The van der Waals surface area contributed by atoms with Crippen molar-refractivity contribution in [3.05, 3.63) is 54.2 Å². The predicted octanol–water partition coefficient (Wildman–Crippen LogP) is 4.37. The maximum Gasteiger partial charge on any atom is 0.412 e. The van der Waals surface area contributed by atoms with E-state index in [1.807, 2.05) is 55.5 Å². The maximum atomic E-state index is 11.4. The molecule has 2 heterocycles. The van der Waals surface area contributed by atoms with E-state index in [-0.39, 0.29) is 0 Å². The molecule has 1 amide bonds. The molecule has 2 aromatic carbocycles. The lowest BCUT2D eigenvalue weighted by atomic mass is 9.98. The Morgan fingerprint density at radius 1 is 1.15 bits per heavy atom. The van der Waals surface area contributed by atoms with Crippen LogP contribution in [0, 0.1) is 6.92 Å². The van der Waals surface area contributed by atoms with Gasteiger partial charge in [0.15, 0.2) is 11.4 Å². The summed E-state index contributed by atoms with van der Waals surface area (Å²) in [7, 11) is 1.29. The number of methoxy groups -OCH3 is 1. The number of amides is 1. The van der Waals surface area contributed by atoms with E-state index in [0.29, 0.717) is 16.8 Å². The summed E-state index contributed by atoms with van der Waals surface area (Å²) >= 11 is 0. The van der Waals surface area contributed by atoms with Crippen molar-refractivity contribution in [2.24, 2.45) is 0 Å². The molecule has 4 aromatic rings. The number of aromatic amines is 1. The van der Waals surface area contributed by atoms with E-state index in [4.69, 9.17) is 4.52 Å². The zero-order chi connectivity index (χ0) is 18.1. The number of benzene rings is 2. The number of carbonyl (C=O) groups excluding carboxylic acids is 1. The number of H-pyrrole nitrogens is 1. The zero-order valence-electron chi connectivity index (χ0n) is 14.2. The third-order valence-corrected chi connectivity index (χ3v) is 4.16. The Bertz CT molecular complexity index is 1080. The third kappa shape index (κ3) is 2.69. The van der Waals surface area contributed by atoms with Crippen molar-refractivity contribution in [3.8, 4) is 22.4 Å². The summed E-state index contributed by atoms with van der Waals surface area (Å²) in [5.41, 5.74) is 5.36. The Balaban J connectivity index is 1.79. The molecular formula is C19H16N4O3. The van der Waals surface area contributed by atoms with E-state index >= 15 is 0 Å². The van der Waals surface area contributed by atoms with Crippen molar-refractivity contribution >= 4 is 22.9 Å². The Labute approximate surface area is 149 Å². The van der Waals surface area contributed by atoms with Crippen molar-refractivity contribution in [2.75, 3.05) is 12.4 Å². The van der Waals surface area contributed by atoms with E-state index < -0.39 is 6.09 Å². The van der Waals surface area contributed by atoms with Crippen LogP contribution in [0.4, 0.5) is 10.6 Å². The number of hydrogen-bond acceptors (Lipinski definition) is 5. The highest BCUT2D eigenvalue weighted by molar-refractivity contribution is 5.98.